The molecule has 0 amide bonds. The van der Waals surface area contributed by atoms with Crippen LogP contribution < -0.4 is 10.6 Å². The molecule has 0 unspecified atom stereocenters. The molecule has 0 saturated heterocycles. The summed E-state index contributed by atoms with van der Waals surface area (Å²) < 4.78 is 0.829. The van der Waals surface area contributed by atoms with Crippen molar-refractivity contribution in [3.8, 4) is 0 Å². The molecule has 2 aromatic carbocycles. The van der Waals surface area contributed by atoms with Crippen LogP contribution >= 0.6 is 27.7 Å². The number of rotatable bonds is 6. The first-order valence-corrected chi connectivity index (χ1v) is 10.5. The van der Waals surface area contributed by atoms with Gasteiger partial charge in [-0.25, -0.2) is 4.98 Å². The molecule has 7 heteroatoms. The van der Waals surface area contributed by atoms with Crippen LogP contribution in [0.1, 0.15) is 5.56 Å². The summed E-state index contributed by atoms with van der Waals surface area (Å²) in [6.45, 7) is 0.693. The molecule has 0 bridgehead atoms. The van der Waals surface area contributed by atoms with Crippen molar-refractivity contribution in [2.24, 2.45) is 0 Å². The summed E-state index contributed by atoms with van der Waals surface area (Å²) >= 11 is 5.26. The number of anilines is 3. The monoisotopic (exact) mass is 439 g/mol. The van der Waals surface area contributed by atoms with Gasteiger partial charge in [0.15, 0.2) is 0 Å². The van der Waals surface area contributed by atoms with Gasteiger partial charge in [0.05, 0.1) is 4.47 Å². The van der Waals surface area contributed by atoms with Crippen LogP contribution in [-0.2, 0) is 6.54 Å². The molecule has 3 N–H and O–H groups in total. The van der Waals surface area contributed by atoms with E-state index in [0.717, 1.165) is 26.9 Å². The Kier molecular flexibility index (Phi) is 5.31. The molecule has 0 atom stereocenters. The predicted octanol–water partition coefficient (Wildman–Crippen LogP) is 5.80. The van der Waals surface area contributed by atoms with E-state index < -0.39 is 0 Å². The SMILES string of the molecule is CSc1cccc(CNc2nc(Nc3ccc4[nH]ccc4c3)ncc2Br)c1. The lowest BCUT2D eigenvalue weighted by Crippen LogP contribution is -2.05. The van der Waals surface area contributed by atoms with Gasteiger partial charge in [-0.3, -0.25) is 0 Å². The first-order valence-electron chi connectivity index (χ1n) is 8.45. The summed E-state index contributed by atoms with van der Waals surface area (Å²) in [4.78, 5) is 13.4. The molecule has 0 radical (unpaired) electrons. The van der Waals surface area contributed by atoms with Crippen LogP contribution in [0.5, 0.6) is 0 Å². The van der Waals surface area contributed by atoms with Gasteiger partial charge in [-0.2, -0.15) is 4.98 Å². The number of fused-ring (bicyclic) bond motifs is 1. The molecule has 0 aliphatic carbocycles. The van der Waals surface area contributed by atoms with Gasteiger partial charge in [0.1, 0.15) is 5.82 Å². The van der Waals surface area contributed by atoms with Gasteiger partial charge in [0, 0.05) is 40.4 Å². The maximum absolute atomic E-state index is 4.60. The number of aromatic amines is 1. The molecular weight excluding hydrogens is 422 g/mol. The fourth-order valence-corrected chi connectivity index (χ4v) is 3.59. The van der Waals surface area contributed by atoms with E-state index in [-0.39, 0.29) is 0 Å². The van der Waals surface area contributed by atoms with Gasteiger partial charge in [0.2, 0.25) is 5.95 Å². The van der Waals surface area contributed by atoms with Crippen LogP contribution in [0.3, 0.4) is 0 Å². The third kappa shape index (κ3) is 4.26. The van der Waals surface area contributed by atoms with Crippen LogP contribution in [0.2, 0.25) is 0 Å². The Morgan fingerprint density at radius 3 is 2.96 bits per heavy atom. The van der Waals surface area contributed by atoms with Crippen molar-refractivity contribution in [2.75, 3.05) is 16.9 Å². The summed E-state index contributed by atoms with van der Waals surface area (Å²) in [6.07, 6.45) is 5.76. The Balaban J connectivity index is 1.50. The number of hydrogen-bond donors (Lipinski definition) is 3. The first-order chi connectivity index (χ1) is 13.2. The van der Waals surface area contributed by atoms with E-state index in [1.165, 1.54) is 10.5 Å². The molecule has 5 nitrogen and oxygen atoms in total. The zero-order valence-electron chi connectivity index (χ0n) is 14.7. The van der Waals surface area contributed by atoms with E-state index >= 15 is 0 Å². The molecule has 136 valence electrons. The average Bonchev–Trinajstić information content (AvgIpc) is 3.16. The third-order valence-corrected chi connectivity index (χ3v) is 5.45. The molecule has 2 aromatic heterocycles. The van der Waals surface area contributed by atoms with Crippen molar-refractivity contribution in [2.45, 2.75) is 11.4 Å². The number of aromatic nitrogens is 3. The summed E-state index contributed by atoms with van der Waals surface area (Å²) in [5, 5.41) is 7.79. The zero-order valence-corrected chi connectivity index (χ0v) is 17.1. The van der Waals surface area contributed by atoms with Gasteiger partial charge in [0.25, 0.3) is 0 Å². The molecule has 0 spiro atoms. The summed E-state index contributed by atoms with van der Waals surface area (Å²) in [7, 11) is 0. The van der Waals surface area contributed by atoms with E-state index in [1.807, 2.05) is 24.4 Å². The minimum atomic E-state index is 0.549. The van der Waals surface area contributed by atoms with Crippen LogP contribution in [0.15, 0.2) is 70.3 Å². The number of nitrogens with one attached hydrogen (secondary N) is 3. The van der Waals surface area contributed by atoms with Crippen LogP contribution in [0.4, 0.5) is 17.5 Å². The highest BCUT2D eigenvalue weighted by molar-refractivity contribution is 9.10. The Bertz CT molecular complexity index is 1080. The average molecular weight is 440 g/mol. The molecule has 27 heavy (non-hydrogen) atoms. The number of nitrogens with zero attached hydrogens (tertiary/aromatic N) is 2. The molecule has 0 saturated carbocycles. The van der Waals surface area contributed by atoms with Crippen LogP contribution in [0.25, 0.3) is 10.9 Å². The minimum absolute atomic E-state index is 0.549. The fraction of sp³-hybridized carbons (Fsp3) is 0.100. The first kappa shape index (κ1) is 17.9. The lowest BCUT2D eigenvalue weighted by molar-refractivity contribution is 1.07. The second kappa shape index (κ2) is 8.02. The molecule has 0 aliphatic rings. The molecule has 0 fully saturated rings. The van der Waals surface area contributed by atoms with Gasteiger partial charge in [-0.1, -0.05) is 12.1 Å². The standard InChI is InChI=1S/C20H18BrN5S/c1-27-16-4-2-3-13(9-16)11-23-19-17(21)12-24-20(26-19)25-15-5-6-18-14(10-15)7-8-22-18/h2-10,12,22H,11H2,1H3,(H2,23,24,25,26). The van der Waals surface area contributed by atoms with Crippen molar-refractivity contribution in [1.29, 1.82) is 0 Å². The Labute approximate surface area is 170 Å². The maximum atomic E-state index is 4.60. The second-order valence-corrected chi connectivity index (χ2v) is 7.73. The normalized spacial score (nSPS) is 10.9. The third-order valence-electron chi connectivity index (χ3n) is 4.15. The minimum Gasteiger partial charge on any atom is -0.365 e. The summed E-state index contributed by atoms with van der Waals surface area (Å²) in [5.74, 6) is 1.30. The van der Waals surface area contributed by atoms with Crippen molar-refractivity contribution in [1.82, 2.24) is 15.0 Å². The molecular formula is C20H18BrN5S. The highest BCUT2D eigenvalue weighted by Gasteiger charge is 2.07. The smallest absolute Gasteiger partial charge is 0.229 e. The summed E-state index contributed by atoms with van der Waals surface area (Å²) in [5.41, 5.74) is 3.26. The second-order valence-electron chi connectivity index (χ2n) is 6.00. The number of H-pyrrole nitrogens is 1. The Hall–Kier alpha value is -2.51. The molecule has 4 rings (SSSR count). The van der Waals surface area contributed by atoms with Gasteiger partial charge in [-0.05, 0) is 64.1 Å². The quantitative estimate of drug-likeness (QED) is 0.331. The fourth-order valence-electron chi connectivity index (χ4n) is 2.78. The van der Waals surface area contributed by atoms with Crippen molar-refractivity contribution >= 4 is 56.0 Å². The van der Waals surface area contributed by atoms with Crippen molar-refractivity contribution < 1.29 is 0 Å². The predicted molar refractivity (Wildman–Crippen MR) is 117 cm³/mol. The van der Waals surface area contributed by atoms with Crippen LogP contribution in [0, 0.1) is 0 Å². The summed E-state index contributed by atoms with van der Waals surface area (Å²) in [6, 6.07) is 16.6. The van der Waals surface area contributed by atoms with Gasteiger partial charge < -0.3 is 15.6 Å². The van der Waals surface area contributed by atoms with E-state index in [4.69, 9.17) is 0 Å². The van der Waals surface area contributed by atoms with E-state index in [9.17, 15) is 0 Å². The number of hydrogen-bond acceptors (Lipinski definition) is 5. The molecule has 2 heterocycles. The van der Waals surface area contributed by atoms with Gasteiger partial charge >= 0.3 is 0 Å². The van der Waals surface area contributed by atoms with Gasteiger partial charge in [-0.15, -0.1) is 11.8 Å². The van der Waals surface area contributed by atoms with Crippen LogP contribution in [-0.4, -0.2) is 21.2 Å². The topological polar surface area (TPSA) is 65.6 Å². The Morgan fingerprint density at radius 2 is 2.07 bits per heavy atom. The molecule has 4 aromatic rings. The largest absolute Gasteiger partial charge is 0.365 e. The Morgan fingerprint density at radius 1 is 1.15 bits per heavy atom. The van der Waals surface area contributed by atoms with Crippen molar-refractivity contribution in [3.05, 3.63) is 71.0 Å². The zero-order chi connectivity index (χ0) is 18.6. The lowest BCUT2D eigenvalue weighted by Gasteiger charge is -2.11. The number of benzene rings is 2. The number of thioether (sulfide) groups is 1. The van der Waals surface area contributed by atoms with Crippen molar-refractivity contribution in [3.63, 3.8) is 0 Å². The maximum Gasteiger partial charge on any atom is 0.229 e. The van der Waals surface area contributed by atoms with E-state index in [1.54, 1.807) is 18.0 Å². The lowest BCUT2D eigenvalue weighted by atomic mass is 10.2. The van der Waals surface area contributed by atoms with E-state index in [0.29, 0.717) is 12.5 Å². The highest BCUT2D eigenvalue weighted by Crippen LogP contribution is 2.24. The van der Waals surface area contributed by atoms with E-state index in [2.05, 4.69) is 78.1 Å². The molecule has 0 aliphatic heterocycles. The highest BCUT2D eigenvalue weighted by atomic mass is 79.9. The number of halogens is 1.